The second kappa shape index (κ2) is 5.58. The van der Waals surface area contributed by atoms with Crippen molar-refractivity contribution in [3.05, 3.63) is 0 Å². The van der Waals surface area contributed by atoms with E-state index in [9.17, 15) is 0 Å². The van der Waals surface area contributed by atoms with Crippen molar-refractivity contribution in [1.82, 2.24) is 10.2 Å². The largest absolute Gasteiger partial charge is 0.327 e. The van der Waals surface area contributed by atoms with Crippen LogP contribution >= 0.6 is 0 Å². The van der Waals surface area contributed by atoms with E-state index in [-0.39, 0.29) is 6.04 Å². The van der Waals surface area contributed by atoms with Crippen molar-refractivity contribution < 1.29 is 0 Å². The fourth-order valence-electron chi connectivity index (χ4n) is 1.90. The second-order valence-corrected chi connectivity index (χ2v) is 4.39. The number of nitrogens with one attached hydrogen (secondary N) is 1. The summed E-state index contributed by atoms with van der Waals surface area (Å²) in [6.07, 6.45) is 2.67. The van der Waals surface area contributed by atoms with Gasteiger partial charge in [0.15, 0.2) is 0 Å². The minimum Gasteiger partial charge on any atom is -0.327 e. The summed E-state index contributed by atoms with van der Waals surface area (Å²) in [5.41, 5.74) is 5.64. The monoisotopic (exact) mass is 185 g/mol. The molecule has 2 atom stereocenters. The summed E-state index contributed by atoms with van der Waals surface area (Å²) in [5, 5.41) is 3.38. The number of likely N-dealkylation sites (tertiary alicyclic amines) is 1. The molecule has 0 aromatic rings. The Balaban J connectivity index is 1.94. The van der Waals surface area contributed by atoms with Gasteiger partial charge in [-0.25, -0.2) is 0 Å². The van der Waals surface area contributed by atoms with Crippen LogP contribution in [-0.2, 0) is 0 Å². The van der Waals surface area contributed by atoms with Crippen LogP contribution in [0, 0.1) is 5.92 Å². The van der Waals surface area contributed by atoms with E-state index in [1.807, 2.05) is 6.92 Å². The Morgan fingerprint density at radius 1 is 1.62 bits per heavy atom. The number of rotatable bonds is 5. The Morgan fingerprint density at radius 3 is 2.92 bits per heavy atom. The standard InChI is InChI=1S/C10H23N3/c1-9(11)7-12-5-3-10-4-6-13(2)8-10/h9-10,12H,3-8,11H2,1-2H3. The average molecular weight is 185 g/mol. The average Bonchev–Trinajstić information content (AvgIpc) is 2.45. The molecule has 0 radical (unpaired) electrons. The molecule has 2 unspecified atom stereocenters. The quantitative estimate of drug-likeness (QED) is 0.604. The summed E-state index contributed by atoms with van der Waals surface area (Å²) in [7, 11) is 2.20. The van der Waals surface area contributed by atoms with Crippen LogP contribution in [0.25, 0.3) is 0 Å². The normalized spacial score (nSPS) is 26.5. The fourth-order valence-corrected chi connectivity index (χ4v) is 1.90. The molecule has 0 bridgehead atoms. The fraction of sp³-hybridized carbons (Fsp3) is 1.00. The lowest BCUT2D eigenvalue weighted by Crippen LogP contribution is -2.32. The molecular formula is C10H23N3. The van der Waals surface area contributed by atoms with Crippen LogP contribution < -0.4 is 11.1 Å². The van der Waals surface area contributed by atoms with Gasteiger partial charge in [0.2, 0.25) is 0 Å². The first-order valence-corrected chi connectivity index (χ1v) is 5.33. The summed E-state index contributed by atoms with van der Waals surface area (Å²) in [6, 6.07) is 0.284. The maximum atomic E-state index is 5.64. The molecule has 13 heavy (non-hydrogen) atoms. The summed E-state index contributed by atoms with van der Waals surface area (Å²) >= 11 is 0. The Morgan fingerprint density at radius 2 is 2.38 bits per heavy atom. The Labute approximate surface area is 81.7 Å². The number of nitrogens with two attached hydrogens (primary N) is 1. The number of hydrogen-bond acceptors (Lipinski definition) is 3. The molecule has 1 heterocycles. The molecule has 0 saturated carbocycles. The highest BCUT2D eigenvalue weighted by Crippen LogP contribution is 2.16. The smallest absolute Gasteiger partial charge is 0.0136 e. The summed E-state index contributed by atoms with van der Waals surface area (Å²) in [5.74, 6) is 0.908. The summed E-state index contributed by atoms with van der Waals surface area (Å²) in [4.78, 5) is 2.41. The summed E-state index contributed by atoms with van der Waals surface area (Å²) < 4.78 is 0. The van der Waals surface area contributed by atoms with Gasteiger partial charge in [-0.2, -0.15) is 0 Å². The van der Waals surface area contributed by atoms with Crippen molar-refractivity contribution in [3.8, 4) is 0 Å². The van der Waals surface area contributed by atoms with Gasteiger partial charge >= 0.3 is 0 Å². The Hall–Kier alpha value is -0.120. The van der Waals surface area contributed by atoms with E-state index >= 15 is 0 Å². The molecule has 0 amide bonds. The molecule has 1 aliphatic rings. The maximum absolute atomic E-state index is 5.64. The van der Waals surface area contributed by atoms with E-state index in [1.165, 1.54) is 25.9 Å². The number of hydrogen-bond donors (Lipinski definition) is 2. The lowest BCUT2D eigenvalue weighted by Gasteiger charge is -2.11. The Bertz CT molecular complexity index is 136. The van der Waals surface area contributed by atoms with Crippen molar-refractivity contribution in [3.63, 3.8) is 0 Å². The molecule has 1 aliphatic heterocycles. The predicted octanol–water partition coefficient (Wildman–Crippen LogP) is 0.265. The highest BCUT2D eigenvalue weighted by Gasteiger charge is 2.18. The van der Waals surface area contributed by atoms with Crippen LogP contribution in [0.1, 0.15) is 19.8 Å². The third kappa shape index (κ3) is 4.60. The molecule has 3 nitrogen and oxygen atoms in total. The van der Waals surface area contributed by atoms with E-state index in [2.05, 4.69) is 17.3 Å². The molecule has 0 aliphatic carbocycles. The van der Waals surface area contributed by atoms with Crippen LogP contribution in [-0.4, -0.2) is 44.2 Å². The highest BCUT2D eigenvalue weighted by atomic mass is 15.1. The second-order valence-electron chi connectivity index (χ2n) is 4.39. The van der Waals surface area contributed by atoms with Gasteiger partial charge in [-0.3, -0.25) is 0 Å². The van der Waals surface area contributed by atoms with Crippen molar-refractivity contribution in [2.45, 2.75) is 25.8 Å². The van der Waals surface area contributed by atoms with Gasteiger partial charge in [0.25, 0.3) is 0 Å². The molecule has 0 spiro atoms. The van der Waals surface area contributed by atoms with Crippen LogP contribution in [0.3, 0.4) is 0 Å². The highest BCUT2D eigenvalue weighted by molar-refractivity contribution is 4.73. The molecule has 3 heteroatoms. The van der Waals surface area contributed by atoms with Gasteiger partial charge in [-0.1, -0.05) is 0 Å². The third-order valence-electron chi connectivity index (χ3n) is 2.68. The van der Waals surface area contributed by atoms with Crippen LogP contribution in [0.15, 0.2) is 0 Å². The number of nitrogens with zero attached hydrogens (tertiary/aromatic N) is 1. The molecule has 1 rings (SSSR count). The van der Waals surface area contributed by atoms with E-state index < -0.39 is 0 Å². The zero-order valence-electron chi connectivity index (χ0n) is 8.92. The van der Waals surface area contributed by atoms with Crippen LogP contribution in [0.5, 0.6) is 0 Å². The minimum absolute atomic E-state index is 0.284. The van der Waals surface area contributed by atoms with Gasteiger partial charge in [0, 0.05) is 19.1 Å². The van der Waals surface area contributed by atoms with Gasteiger partial charge in [-0.05, 0) is 45.8 Å². The molecule has 1 fully saturated rings. The first-order chi connectivity index (χ1) is 6.18. The first kappa shape index (κ1) is 11.0. The van der Waals surface area contributed by atoms with E-state index in [1.54, 1.807) is 0 Å². The lowest BCUT2D eigenvalue weighted by atomic mass is 10.1. The van der Waals surface area contributed by atoms with E-state index in [0.29, 0.717) is 0 Å². The summed E-state index contributed by atoms with van der Waals surface area (Å²) in [6.45, 7) is 6.66. The van der Waals surface area contributed by atoms with Gasteiger partial charge < -0.3 is 16.0 Å². The SMILES string of the molecule is CC(N)CNCCC1CCN(C)C1. The van der Waals surface area contributed by atoms with Crippen molar-refractivity contribution >= 4 is 0 Å². The first-order valence-electron chi connectivity index (χ1n) is 5.33. The Kier molecular flexibility index (Phi) is 4.70. The minimum atomic E-state index is 0.284. The zero-order chi connectivity index (χ0) is 9.68. The van der Waals surface area contributed by atoms with Crippen molar-refractivity contribution in [2.75, 3.05) is 33.2 Å². The van der Waals surface area contributed by atoms with Gasteiger partial charge in [0.05, 0.1) is 0 Å². The molecule has 0 aromatic carbocycles. The molecule has 3 N–H and O–H groups in total. The molecular weight excluding hydrogens is 162 g/mol. The van der Waals surface area contributed by atoms with E-state index in [4.69, 9.17) is 5.73 Å². The van der Waals surface area contributed by atoms with Crippen LogP contribution in [0.2, 0.25) is 0 Å². The molecule has 78 valence electrons. The predicted molar refractivity (Wildman–Crippen MR) is 56.7 cm³/mol. The lowest BCUT2D eigenvalue weighted by molar-refractivity contribution is 0.384. The van der Waals surface area contributed by atoms with E-state index in [0.717, 1.165) is 19.0 Å². The third-order valence-corrected chi connectivity index (χ3v) is 2.68. The van der Waals surface area contributed by atoms with Crippen molar-refractivity contribution in [2.24, 2.45) is 11.7 Å². The maximum Gasteiger partial charge on any atom is 0.0136 e. The van der Waals surface area contributed by atoms with Crippen molar-refractivity contribution in [1.29, 1.82) is 0 Å². The van der Waals surface area contributed by atoms with Gasteiger partial charge in [0.1, 0.15) is 0 Å². The molecule has 1 saturated heterocycles. The molecule has 0 aromatic heterocycles. The van der Waals surface area contributed by atoms with Gasteiger partial charge in [-0.15, -0.1) is 0 Å². The zero-order valence-corrected chi connectivity index (χ0v) is 8.92. The topological polar surface area (TPSA) is 41.3 Å². The van der Waals surface area contributed by atoms with Crippen LogP contribution in [0.4, 0.5) is 0 Å².